The molecule has 7 rings (SSSR count). The Kier molecular flexibility index (Phi) is 7.12. The van der Waals surface area contributed by atoms with Crippen LogP contribution < -0.4 is 0 Å². The Bertz CT molecular complexity index is 1230. The molecule has 1 heterocycles. The molecule has 11 unspecified atom stereocenters. The van der Waals surface area contributed by atoms with Crippen molar-refractivity contribution in [3.8, 4) is 0 Å². The van der Waals surface area contributed by atoms with Gasteiger partial charge in [0, 0.05) is 76.5 Å². The van der Waals surface area contributed by atoms with Crippen molar-refractivity contribution in [1.29, 1.82) is 0 Å². The molecule has 6 aliphatic rings. The monoisotopic (exact) mass is 601 g/mol. The van der Waals surface area contributed by atoms with Crippen LogP contribution >= 0.6 is 0 Å². The standard InChI is InChI=1S/C33H47NO9/c1-18(35)43-33-22-20(14-31(37,29(41-6)27(33)36)28(22)42-15-19-10-8-7-9-11-19)32-21(39-4)12-13-30(17-38-3)16-34(2)26(32)23(33)24(40-5)25(30)32/h7-11,20-29,36-37H,12-17H2,1-6H3/t20?,21?,22?,23?,24?,25?,26?,27?,28?,29-,30?,31+,32?,33+/m0/s1. The van der Waals surface area contributed by atoms with Crippen molar-refractivity contribution < 1.29 is 43.4 Å². The van der Waals surface area contributed by atoms with E-state index in [2.05, 4.69) is 11.9 Å². The number of piperidine rings is 1. The number of hydrogen-bond donors (Lipinski definition) is 2. The van der Waals surface area contributed by atoms with E-state index in [1.54, 1.807) is 21.3 Å². The van der Waals surface area contributed by atoms with Gasteiger partial charge in [-0.2, -0.15) is 0 Å². The molecule has 5 aliphatic carbocycles. The number of hydrogen-bond acceptors (Lipinski definition) is 10. The van der Waals surface area contributed by atoms with Gasteiger partial charge in [0.1, 0.15) is 17.8 Å². The Balaban J connectivity index is 1.49. The maximum atomic E-state index is 13.2. The summed E-state index contributed by atoms with van der Waals surface area (Å²) in [7, 11) is 8.90. The second kappa shape index (κ2) is 10.2. The van der Waals surface area contributed by atoms with Crippen molar-refractivity contribution in [2.24, 2.45) is 34.5 Å². The van der Waals surface area contributed by atoms with E-state index in [9.17, 15) is 15.0 Å². The number of esters is 1. The summed E-state index contributed by atoms with van der Waals surface area (Å²) in [5, 5.41) is 25.2. The van der Waals surface area contributed by atoms with Gasteiger partial charge in [-0.15, -0.1) is 0 Å². The van der Waals surface area contributed by atoms with Crippen LogP contribution in [0.2, 0.25) is 0 Å². The average Bonchev–Trinajstić information content (AvgIpc) is 3.38. The maximum Gasteiger partial charge on any atom is 0.303 e. The number of aliphatic hydroxyl groups is 2. The number of ether oxygens (including phenoxy) is 6. The number of carbonyl (C=O) groups is 1. The van der Waals surface area contributed by atoms with Crippen LogP contribution in [0.15, 0.2) is 30.3 Å². The molecule has 6 fully saturated rings. The van der Waals surface area contributed by atoms with Crippen molar-refractivity contribution in [1.82, 2.24) is 4.90 Å². The number of fused-ring (bicyclic) bond motifs is 2. The molecule has 2 N–H and O–H groups in total. The highest BCUT2D eigenvalue weighted by molar-refractivity contribution is 5.67. The summed E-state index contributed by atoms with van der Waals surface area (Å²) < 4.78 is 38.2. The lowest BCUT2D eigenvalue weighted by atomic mass is 9.43. The van der Waals surface area contributed by atoms with Crippen LogP contribution in [0.4, 0.5) is 0 Å². The highest BCUT2D eigenvalue weighted by Crippen LogP contribution is 2.80. The Labute approximate surface area is 253 Å². The lowest BCUT2D eigenvalue weighted by Gasteiger charge is -2.69. The van der Waals surface area contributed by atoms with Gasteiger partial charge in [0.05, 0.1) is 31.5 Å². The number of aliphatic hydroxyl groups excluding tert-OH is 1. The molecular weight excluding hydrogens is 554 g/mol. The van der Waals surface area contributed by atoms with E-state index in [4.69, 9.17) is 28.4 Å². The van der Waals surface area contributed by atoms with E-state index in [-0.39, 0.29) is 42.1 Å². The average molecular weight is 602 g/mol. The summed E-state index contributed by atoms with van der Waals surface area (Å²) in [5.41, 5.74) is -2.69. The first kappa shape index (κ1) is 30.0. The van der Waals surface area contributed by atoms with E-state index < -0.39 is 52.7 Å². The maximum absolute atomic E-state index is 13.2. The third kappa shape index (κ3) is 3.50. The van der Waals surface area contributed by atoms with Crippen LogP contribution in [-0.2, 0) is 39.8 Å². The molecular formula is C33H47NO9. The molecule has 1 aromatic rings. The van der Waals surface area contributed by atoms with Crippen LogP contribution in [0.25, 0.3) is 0 Å². The van der Waals surface area contributed by atoms with Crippen LogP contribution in [0, 0.1) is 34.5 Å². The van der Waals surface area contributed by atoms with Gasteiger partial charge in [0.15, 0.2) is 5.60 Å². The second-order valence-electron chi connectivity index (χ2n) is 14.2. The highest BCUT2D eigenvalue weighted by atomic mass is 16.6. The topological polar surface area (TPSA) is 116 Å². The number of likely N-dealkylation sites (tertiary alicyclic amines) is 1. The van der Waals surface area contributed by atoms with Gasteiger partial charge in [-0.1, -0.05) is 30.3 Å². The van der Waals surface area contributed by atoms with E-state index in [1.807, 2.05) is 30.3 Å². The SMILES string of the molecule is COCC12CCC(OC)C34C5C[C@@]6(O)C(OCc7ccccc7)C5[C@@](OC(C)=O)(C(C(OC)C13)C4N(C)C2)C(O)[C@@H]6OC. The number of benzene rings is 1. The molecule has 43 heavy (non-hydrogen) atoms. The summed E-state index contributed by atoms with van der Waals surface area (Å²) in [4.78, 5) is 15.6. The summed E-state index contributed by atoms with van der Waals surface area (Å²) in [6, 6.07) is 9.71. The van der Waals surface area contributed by atoms with Crippen LogP contribution in [-0.4, -0.2) is 117 Å². The van der Waals surface area contributed by atoms with Gasteiger partial charge in [0.25, 0.3) is 0 Å². The first-order valence-corrected chi connectivity index (χ1v) is 15.7. The largest absolute Gasteiger partial charge is 0.455 e. The van der Waals surface area contributed by atoms with E-state index in [1.165, 1.54) is 14.0 Å². The second-order valence-corrected chi connectivity index (χ2v) is 14.2. The fraction of sp³-hybridized carbons (Fsp3) is 0.788. The summed E-state index contributed by atoms with van der Waals surface area (Å²) >= 11 is 0. The predicted molar refractivity (Wildman–Crippen MR) is 154 cm³/mol. The quantitative estimate of drug-likeness (QED) is 0.405. The first-order chi connectivity index (χ1) is 20.6. The molecule has 5 saturated carbocycles. The van der Waals surface area contributed by atoms with Gasteiger partial charge >= 0.3 is 5.97 Å². The number of carbonyl (C=O) groups excluding carboxylic acids is 1. The van der Waals surface area contributed by atoms with Gasteiger partial charge in [-0.25, -0.2) is 0 Å². The fourth-order valence-electron chi connectivity index (χ4n) is 12.3. The van der Waals surface area contributed by atoms with Gasteiger partial charge in [-0.3, -0.25) is 4.79 Å². The predicted octanol–water partition coefficient (Wildman–Crippen LogP) is 1.65. The van der Waals surface area contributed by atoms with Crippen molar-refractivity contribution in [3.63, 3.8) is 0 Å². The van der Waals surface area contributed by atoms with E-state index in [0.717, 1.165) is 24.9 Å². The lowest BCUT2D eigenvalue weighted by molar-refractivity contribution is -0.323. The molecule has 0 radical (unpaired) electrons. The van der Waals surface area contributed by atoms with Gasteiger partial charge < -0.3 is 43.5 Å². The van der Waals surface area contributed by atoms with E-state index in [0.29, 0.717) is 13.0 Å². The van der Waals surface area contributed by atoms with Crippen molar-refractivity contribution in [3.05, 3.63) is 35.9 Å². The molecule has 1 saturated heterocycles. The minimum atomic E-state index is -1.52. The minimum absolute atomic E-state index is 0.0109. The molecule has 7 bridgehead atoms. The zero-order valence-electron chi connectivity index (χ0n) is 26.1. The summed E-state index contributed by atoms with van der Waals surface area (Å²) in [5.74, 6) is -1.66. The van der Waals surface area contributed by atoms with Crippen LogP contribution in [0.5, 0.6) is 0 Å². The molecule has 1 spiro atoms. The van der Waals surface area contributed by atoms with Crippen molar-refractivity contribution in [2.45, 2.75) is 80.6 Å². The Morgan fingerprint density at radius 1 is 1.05 bits per heavy atom. The lowest BCUT2D eigenvalue weighted by Crippen LogP contribution is -2.80. The smallest absolute Gasteiger partial charge is 0.303 e. The molecule has 238 valence electrons. The molecule has 10 heteroatoms. The number of rotatable bonds is 9. The first-order valence-electron chi connectivity index (χ1n) is 15.7. The summed E-state index contributed by atoms with van der Waals surface area (Å²) in [6.07, 6.45) is -1.53. The van der Waals surface area contributed by atoms with Gasteiger partial charge in [-0.05, 0) is 37.8 Å². The Hall–Kier alpha value is -1.63. The van der Waals surface area contributed by atoms with Crippen molar-refractivity contribution >= 4 is 5.97 Å². The fourth-order valence-corrected chi connectivity index (χ4v) is 12.3. The van der Waals surface area contributed by atoms with Crippen LogP contribution in [0.3, 0.4) is 0 Å². The molecule has 0 amide bonds. The molecule has 1 aromatic carbocycles. The molecule has 0 aromatic heterocycles. The zero-order valence-corrected chi connectivity index (χ0v) is 26.1. The van der Waals surface area contributed by atoms with Gasteiger partial charge in [0.2, 0.25) is 0 Å². The Morgan fingerprint density at radius 2 is 1.79 bits per heavy atom. The third-order valence-electron chi connectivity index (χ3n) is 12.8. The summed E-state index contributed by atoms with van der Waals surface area (Å²) in [6.45, 7) is 3.01. The third-order valence-corrected chi connectivity index (χ3v) is 12.8. The number of methoxy groups -OCH3 is 4. The molecule has 14 atom stereocenters. The number of nitrogens with zero attached hydrogens (tertiary/aromatic N) is 1. The van der Waals surface area contributed by atoms with E-state index >= 15 is 0 Å². The van der Waals surface area contributed by atoms with Crippen molar-refractivity contribution in [2.75, 3.05) is 48.6 Å². The minimum Gasteiger partial charge on any atom is -0.455 e. The molecule has 10 nitrogen and oxygen atoms in total. The normalized spacial score (nSPS) is 51.0. The molecule has 1 aliphatic heterocycles. The van der Waals surface area contributed by atoms with Crippen LogP contribution in [0.1, 0.15) is 31.7 Å². The zero-order chi connectivity index (χ0) is 30.5. The highest BCUT2D eigenvalue weighted by Gasteiger charge is 2.91. The Morgan fingerprint density at radius 3 is 2.42 bits per heavy atom.